The molecular weight excluding hydrogens is 386 g/mol. The number of carbonyl (C=O) groups excluding carboxylic acids is 3. The second-order valence-corrected chi connectivity index (χ2v) is 7.15. The highest BCUT2D eigenvalue weighted by Gasteiger charge is 2.41. The Bertz CT molecular complexity index is 1090. The Hall–Kier alpha value is -3.65. The largest absolute Gasteiger partial charge is 0.459 e. The van der Waals surface area contributed by atoms with Gasteiger partial charge < -0.3 is 25.4 Å². The molecule has 154 valence electrons. The van der Waals surface area contributed by atoms with Gasteiger partial charge in [-0.3, -0.25) is 14.5 Å². The summed E-state index contributed by atoms with van der Waals surface area (Å²) in [6.07, 6.45) is -0.544. The molecule has 2 heterocycles. The summed E-state index contributed by atoms with van der Waals surface area (Å²) in [6.45, 7) is 0.421. The number of hydrogen-bond donors (Lipinski definition) is 3. The number of carbonyl (C=O) groups is 3. The van der Waals surface area contributed by atoms with Crippen molar-refractivity contribution in [1.82, 2.24) is 4.90 Å². The number of primary amides is 1. The zero-order valence-corrected chi connectivity index (χ0v) is 16.1. The minimum absolute atomic E-state index is 0.0603. The molecule has 4 rings (SSSR count). The zero-order chi connectivity index (χ0) is 21.3. The minimum Gasteiger partial charge on any atom is -0.459 e. The van der Waals surface area contributed by atoms with Crippen LogP contribution in [0.5, 0.6) is 0 Å². The molecule has 30 heavy (non-hydrogen) atoms. The van der Waals surface area contributed by atoms with Crippen molar-refractivity contribution in [3.8, 4) is 0 Å². The molecule has 0 aliphatic carbocycles. The Morgan fingerprint density at radius 2 is 2.07 bits per heavy atom. The fourth-order valence-electron chi connectivity index (χ4n) is 3.75. The maximum Gasteiger partial charge on any atom is 0.257 e. The second kappa shape index (κ2) is 8.00. The number of furan rings is 1. The van der Waals surface area contributed by atoms with E-state index in [4.69, 9.17) is 10.2 Å². The van der Waals surface area contributed by atoms with E-state index < -0.39 is 24.1 Å². The normalized spacial score (nSPS) is 16.5. The number of aliphatic hydroxyl groups is 1. The van der Waals surface area contributed by atoms with E-state index in [2.05, 4.69) is 5.32 Å². The molecule has 2 unspecified atom stereocenters. The van der Waals surface area contributed by atoms with Crippen LogP contribution in [0.15, 0.2) is 52.9 Å². The quantitative estimate of drug-likeness (QED) is 0.492. The van der Waals surface area contributed by atoms with E-state index in [0.29, 0.717) is 29.6 Å². The first kappa shape index (κ1) is 19.7. The summed E-state index contributed by atoms with van der Waals surface area (Å²) < 4.78 is 5.78. The van der Waals surface area contributed by atoms with Crippen LogP contribution < -0.4 is 11.1 Å². The Balaban J connectivity index is 1.53. The van der Waals surface area contributed by atoms with Gasteiger partial charge in [-0.15, -0.1) is 0 Å². The third-order valence-electron chi connectivity index (χ3n) is 5.22. The molecule has 1 aliphatic rings. The lowest BCUT2D eigenvalue weighted by atomic mass is 10.1. The second-order valence-electron chi connectivity index (χ2n) is 7.15. The van der Waals surface area contributed by atoms with Crippen LogP contribution >= 0.6 is 0 Å². The lowest BCUT2D eigenvalue weighted by molar-refractivity contribution is -0.126. The summed E-state index contributed by atoms with van der Waals surface area (Å²) in [4.78, 5) is 36.3. The number of hydrogen-bond acceptors (Lipinski definition) is 6. The van der Waals surface area contributed by atoms with E-state index in [1.54, 1.807) is 18.2 Å². The smallest absolute Gasteiger partial charge is 0.257 e. The van der Waals surface area contributed by atoms with E-state index in [-0.39, 0.29) is 12.8 Å². The van der Waals surface area contributed by atoms with Gasteiger partial charge in [0.25, 0.3) is 5.91 Å². The van der Waals surface area contributed by atoms with Crippen molar-refractivity contribution in [2.45, 2.75) is 31.7 Å². The SMILES string of the molecule is NC(=O)C(CCC=O)N1C(=O)c2ccc(NCc3cc4ccccc4o3)cc2C1O. The number of rotatable bonds is 8. The number of nitrogens with one attached hydrogen (secondary N) is 1. The molecule has 8 nitrogen and oxygen atoms in total. The van der Waals surface area contributed by atoms with Gasteiger partial charge in [-0.05, 0) is 36.8 Å². The van der Waals surface area contributed by atoms with Crippen LogP contribution in [0.2, 0.25) is 0 Å². The van der Waals surface area contributed by atoms with Crippen molar-refractivity contribution in [3.63, 3.8) is 0 Å². The topological polar surface area (TPSA) is 126 Å². The molecule has 0 bridgehead atoms. The van der Waals surface area contributed by atoms with E-state index >= 15 is 0 Å². The van der Waals surface area contributed by atoms with Crippen LogP contribution in [0, 0.1) is 0 Å². The molecule has 0 saturated carbocycles. The zero-order valence-electron chi connectivity index (χ0n) is 16.1. The number of nitrogens with two attached hydrogens (primary N) is 1. The van der Waals surface area contributed by atoms with Crippen LogP contribution in [0.1, 0.15) is 40.8 Å². The number of aldehydes is 1. The minimum atomic E-state index is -1.32. The highest BCUT2D eigenvalue weighted by molar-refractivity contribution is 6.02. The first-order valence-electron chi connectivity index (χ1n) is 9.58. The third-order valence-corrected chi connectivity index (χ3v) is 5.22. The van der Waals surface area contributed by atoms with Crippen LogP contribution in [0.25, 0.3) is 11.0 Å². The number of aliphatic hydroxyl groups excluding tert-OH is 1. The number of fused-ring (bicyclic) bond motifs is 2. The summed E-state index contributed by atoms with van der Waals surface area (Å²) >= 11 is 0. The summed E-state index contributed by atoms with van der Waals surface area (Å²) in [5.74, 6) is -0.506. The number of anilines is 1. The predicted octanol–water partition coefficient (Wildman–Crippen LogP) is 2.32. The summed E-state index contributed by atoms with van der Waals surface area (Å²) in [5, 5.41) is 14.9. The van der Waals surface area contributed by atoms with Crippen LogP contribution in [-0.2, 0) is 16.1 Å². The van der Waals surface area contributed by atoms with Crippen molar-refractivity contribution in [3.05, 3.63) is 65.4 Å². The van der Waals surface area contributed by atoms with Crippen LogP contribution in [0.3, 0.4) is 0 Å². The van der Waals surface area contributed by atoms with Crippen molar-refractivity contribution in [2.24, 2.45) is 5.73 Å². The van der Waals surface area contributed by atoms with E-state index in [9.17, 15) is 19.5 Å². The molecule has 0 radical (unpaired) electrons. The third kappa shape index (κ3) is 3.53. The van der Waals surface area contributed by atoms with Gasteiger partial charge in [0.05, 0.1) is 6.54 Å². The van der Waals surface area contributed by atoms with Gasteiger partial charge in [0.1, 0.15) is 23.7 Å². The fraction of sp³-hybridized carbons (Fsp3) is 0.227. The van der Waals surface area contributed by atoms with Gasteiger partial charge in [-0.2, -0.15) is 0 Å². The van der Waals surface area contributed by atoms with Gasteiger partial charge >= 0.3 is 0 Å². The molecule has 1 aliphatic heterocycles. The molecule has 2 atom stereocenters. The van der Waals surface area contributed by atoms with Gasteiger partial charge in [-0.1, -0.05) is 18.2 Å². The Kier molecular flexibility index (Phi) is 5.24. The average Bonchev–Trinajstić information content (AvgIpc) is 3.26. The first-order valence-corrected chi connectivity index (χ1v) is 9.58. The van der Waals surface area contributed by atoms with E-state index in [1.165, 1.54) is 0 Å². The van der Waals surface area contributed by atoms with Crippen LogP contribution in [0.4, 0.5) is 5.69 Å². The van der Waals surface area contributed by atoms with E-state index in [1.807, 2.05) is 30.3 Å². The van der Waals surface area contributed by atoms with Crippen molar-refractivity contribution in [1.29, 1.82) is 0 Å². The maximum absolute atomic E-state index is 12.7. The van der Waals surface area contributed by atoms with Crippen molar-refractivity contribution in [2.75, 3.05) is 5.32 Å². The molecule has 0 spiro atoms. The van der Waals surface area contributed by atoms with Crippen molar-refractivity contribution >= 4 is 34.8 Å². The summed E-state index contributed by atoms with van der Waals surface area (Å²) in [5.41, 5.74) is 7.57. The molecule has 4 N–H and O–H groups in total. The standard InChI is InChI=1S/C22H21N3O5/c23-20(27)18(5-3-9-26)25-21(28)16-8-7-14(11-17(16)22(25)29)24-12-15-10-13-4-1-2-6-19(13)30-15/h1-2,4,6-11,18,22,24,29H,3,5,12H2,(H2,23,27). The number of para-hydroxylation sites is 1. The highest BCUT2D eigenvalue weighted by atomic mass is 16.3. The molecule has 3 aromatic rings. The summed E-state index contributed by atoms with van der Waals surface area (Å²) in [6, 6.07) is 13.6. The monoisotopic (exact) mass is 407 g/mol. The number of amides is 2. The van der Waals surface area contributed by atoms with Crippen LogP contribution in [-0.4, -0.2) is 34.1 Å². The average molecular weight is 407 g/mol. The highest BCUT2D eigenvalue weighted by Crippen LogP contribution is 2.36. The molecule has 0 fully saturated rings. The number of nitrogens with zero attached hydrogens (tertiary/aromatic N) is 1. The van der Waals surface area contributed by atoms with Gasteiger partial charge in [0, 0.05) is 28.6 Å². The molecule has 0 saturated heterocycles. The van der Waals surface area contributed by atoms with Gasteiger partial charge in [0.2, 0.25) is 5.91 Å². The Morgan fingerprint density at radius 3 is 2.80 bits per heavy atom. The van der Waals surface area contributed by atoms with Gasteiger partial charge in [-0.25, -0.2) is 0 Å². The Morgan fingerprint density at radius 1 is 1.27 bits per heavy atom. The predicted molar refractivity (Wildman–Crippen MR) is 109 cm³/mol. The molecule has 2 aromatic carbocycles. The molecular formula is C22H21N3O5. The lowest BCUT2D eigenvalue weighted by Gasteiger charge is -2.28. The molecule has 2 amide bonds. The maximum atomic E-state index is 12.7. The molecule has 8 heteroatoms. The number of benzene rings is 2. The van der Waals surface area contributed by atoms with Crippen molar-refractivity contribution < 1.29 is 23.9 Å². The lowest BCUT2D eigenvalue weighted by Crippen LogP contribution is -2.46. The first-order chi connectivity index (χ1) is 14.5. The van der Waals surface area contributed by atoms with E-state index in [0.717, 1.165) is 21.6 Å². The fourth-order valence-corrected chi connectivity index (χ4v) is 3.75. The molecule has 1 aromatic heterocycles. The van der Waals surface area contributed by atoms with Gasteiger partial charge in [0.15, 0.2) is 6.23 Å². The summed E-state index contributed by atoms with van der Waals surface area (Å²) in [7, 11) is 0. The Labute approximate surface area is 172 Å².